The van der Waals surface area contributed by atoms with Gasteiger partial charge in [0, 0.05) is 17.8 Å². The SMILES string of the molecule is COc1ccc([N+](=O)[O-])cc1NC(=O)CSc1nnc(C(C)Oc2ccccc2F)n1-c1ccccc1. The Balaban J connectivity index is 1.55. The van der Waals surface area contributed by atoms with Gasteiger partial charge in [-0.05, 0) is 37.3 Å². The zero-order valence-corrected chi connectivity index (χ0v) is 20.6. The zero-order valence-electron chi connectivity index (χ0n) is 19.8. The fourth-order valence-electron chi connectivity index (χ4n) is 3.46. The van der Waals surface area contributed by atoms with Crippen molar-refractivity contribution in [2.24, 2.45) is 0 Å². The Bertz CT molecular complexity index is 1420. The van der Waals surface area contributed by atoms with Crippen LogP contribution in [0.3, 0.4) is 0 Å². The van der Waals surface area contributed by atoms with Crippen LogP contribution in [0.15, 0.2) is 78.0 Å². The van der Waals surface area contributed by atoms with Gasteiger partial charge in [-0.15, -0.1) is 10.2 Å². The summed E-state index contributed by atoms with van der Waals surface area (Å²) < 4.78 is 26.9. The Kier molecular flexibility index (Phi) is 7.98. The van der Waals surface area contributed by atoms with Crippen LogP contribution >= 0.6 is 11.8 Å². The highest BCUT2D eigenvalue weighted by atomic mass is 32.2. The minimum Gasteiger partial charge on any atom is -0.495 e. The number of methoxy groups -OCH3 is 1. The molecule has 0 fully saturated rings. The van der Waals surface area contributed by atoms with E-state index in [1.165, 1.54) is 37.4 Å². The van der Waals surface area contributed by atoms with Gasteiger partial charge in [-0.3, -0.25) is 19.5 Å². The molecule has 0 aliphatic carbocycles. The Morgan fingerprint density at radius 2 is 1.84 bits per heavy atom. The van der Waals surface area contributed by atoms with Crippen molar-refractivity contribution in [2.45, 2.75) is 18.2 Å². The molecule has 0 saturated heterocycles. The molecule has 1 unspecified atom stereocenters. The van der Waals surface area contributed by atoms with E-state index in [1.54, 1.807) is 23.6 Å². The number of nitrogens with one attached hydrogen (secondary N) is 1. The van der Waals surface area contributed by atoms with E-state index >= 15 is 0 Å². The van der Waals surface area contributed by atoms with Gasteiger partial charge in [-0.2, -0.15) is 0 Å². The summed E-state index contributed by atoms with van der Waals surface area (Å²) in [4.78, 5) is 23.3. The standard InChI is InChI=1S/C25H22FN5O5S/c1-16(36-21-11-7-6-10-19(21)26)24-28-29-25(30(24)17-8-4-3-5-9-17)37-15-23(32)27-20-14-18(31(33)34)12-13-22(20)35-2/h3-14,16H,15H2,1-2H3,(H,27,32). The summed E-state index contributed by atoms with van der Waals surface area (Å²) in [5.74, 6) is -0.210. The van der Waals surface area contributed by atoms with Crippen LogP contribution in [-0.4, -0.2) is 38.5 Å². The summed E-state index contributed by atoms with van der Waals surface area (Å²) >= 11 is 1.11. The smallest absolute Gasteiger partial charge is 0.271 e. The topological polar surface area (TPSA) is 121 Å². The predicted molar refractivity (Wildman–Crippen MR) is 136 cm³/mol. The minimum absolute atomic E-state index is 0.0701. The highest BCUT2D eigenvalue weighted by Crippen LogP contribution is 2.31. The highest BCUT2D eigenvalue weighted by molar-refractivity contribution is 7.99. The molecule has 0 saturated carbocycles. The van der Waals surface area contributed by atoms with E-state index in [0.29, 0.717) is 11.0 Å². The van der Waals surface area contributed by atoms with E-state index in [9.17, 15) is 19.3 Å². The maximum atomic E-state index is 14.1. The van der Waals surface area contributed by atoms with Gasteiger partial charge >= 0.3 is 0 Å². The number of amides is 1. The summed E-state index contributed by atoms with van der Waals surface area (Å²) in [6, 6.07) is 19.3. The molecule has 1 aromatic heterocycles. The van der Waals surface area contributed by atoms with Crippen LogP contribution in [0.2, 0.25) is 0 Å². The second-order valence-corrected chi connectivity index (χ2v) is 8.62. The van der Waals surface area contributed by atoms with Gasteiger partial charge < -0.3 is 14.8 Å². The number of carbonyl (C=O) groups is 1. The van der Waals surface area contributed by atoms with Gasteiger partial charge in [0.2, 0.25) is 5.91 Å². The normalized spacial score (nSPS) is 11.5. The third-order valence-electron chi connectivity index (χ3n) is 5.18. The van der Waals surface area contributed by atoms with Crippen molar-refractivity contribution in [3.05, 3.63) is 94.6 Å². The number of thioether (sulfide) groups is 1. The number of benzene rings is 3. The van der Waals surface area contributed by atoms with Crippen LogP contribution in [0.25, 0.3) is 5.69 Å². The number of hydrogen-bond donors (Lipinski definition) is 1. The summed E-state index contributed by atoms with van der Waals surface area (Å²) in [5.41, 5.74) is 0.732. The number of para-hydroxylation sites is 2. The molecular formula is C25H22FN5O5S. The second-order valence-electron chi connectivity index (χ2n) is 7.68. The molecule has 10 nitrogen and oxygen atoms in total. The molecule has 1 heterocycles. The van der Waals surface area contributed by atoms with Crippen molar-refractivity contribution < 1.29 is 23.6 Å². The Morgan fingerprint density at radius 1 is 1.11 bits per heavy atom. The first-order valence-corrected chi connectivity index (χ1v) is 12.0. The van der Waals surface area contributed by atoms with E-state index in [-0.39, 0.29) is 28.6 Å². The first-order valence-electron chi connectivity index (χ1n) is 11.0. The van der Waals surface area contributed by atoms with Gasteiger partial charge in [0.15, 0.2) is 28.7 Å². The number of aromatic nitrogens is 3. The largest absolute Gasteiger partial charge is 0.495 e. The lowest BCUT2D eigenvalue weighted by Gasteiger charge is -2.17. The van der Waals surface area contributed by atoms with Crippen molar-refractivity contribution in [3.8, 4) is 17.2 Å². The first-order chi connectivity index (χ1) is 17.9. The predicted octanol–water partition coefficient (Wildman–Crippen LogP) is 5.19. The number of hydrogen-bond acceptors (Lipinski definition) is 8. The number of anilines is 1. The molecule has 0 aliphatic rings. The molecule has 4 aromatic rings. The first kappa shape index (κ1) is 25.6. The molecule has 0 radical (unpaired) electrons. The monoisotopic (exact) mass is 523 g/mol. The van der Waals surface area contributed by atoms with Crippen LogP contribution in [-0.2, 0) is 4.79 Å². The maximum Gasteiger partial charge on any atom is 0.271 e. The average Bonchev–Trinajstić information content (AvgIpc) is 3.33. The number of non-ortho nitro benzene ring substituents is 1. The van der Waals surface area contributed by atoms with Crippen molar-refractivity contribution >= 4 is 29.0 Å². The van der Waals surface area contributed by atoms with Crippen LogP contribution in [0.1, 0.15) is 18.9 Å². The summed E-state index contributed by atoms with van der Waals surface area (Å²) in [7, 11) is 1.40. The Labute approximate surface area is 215 Å². The molecule has 12 heteroatoms. The van der Waals surface area contributed by atoms with Gasteiger partial charge in [-0.1, -0.05) is 42.1 Å². The third kappa shape index (κ3) is 6.04. The molecule has 190 valence electrons. The van der Waals surface area contributed by atoms with Crippen molar-refractivity contribution in [1.82, 2.24) is 14.8 Å². The zero-order chi connectivity index (χ0) is 26.4. The fourth-order valence-corrected chi connectivity index (χ4v) is 4.22. The van der Waals surface area contributed by atoms with E-state index < -0.39 is 22.8 Å². The molecular weight excluding hydrogens is 501 g/mol. The van der Waals surface area contributed by atoms with E-state index in [2.05, 4.69) is 15.5 Å². The van der Waals surface area contributed by atoms with Gasteiger partial charge in [0.25, 0.3) is 5.69 Å². The molecule has 0 aliphatic heterocycles. The van der Waals surface area contributed by atoms with Crippen molar-refractivity contribution in [1.29, 1.82) is 0 Å². The van der Waals surface area contributed by atoms with Crippen LogP contribution in [0.4, 0.5) is 15.8 Å². The third-order valence-corrected chi connectivity index (χ3v) is 6.11. The van der Waals surface area contributed by atoms with Crippen LogP contribution in [0, 0.1) is 15.9 Å². The summed E-state index contributed by atoms with van der Waals surface area (Å²) in [5, 5.41) is 22.7. The van der Waals surface area contributed by atoms with Crippen molar-refractivity contribution in [3.63, 3.8) is 0 Å². The number of rotatable bonds is 10. The second kappa shape index (κ2) is 11.5. The highest BCUT2D eigenvalue weighted by Gasteiger charge is 2.23. The molecule has 3 aromatic carbocycles. The number of nitro groups is 1. The maximum absolute atomic E-state index is 14.1. The molecule has 0 bridgehead atoms. The quantitative estimate of drug-likeness (QED) is 0.171. The Hall–Kier alpha value is -4.45. The van der Waals surface area contributed by atoms with E-state index in [1.807, 2.05) is 30.3 Å². The molecule has 1 N–H and O–H groups in total. The lowest BCUT2D eigenvalue weighted by molar-refractivity contribution is -0.384. The number of nitro benzene ring substituents is 1. The number of ether oxygens (including phenoxy) is 2. The van der Waals surface area contributed by atoms with Gasteiger partial charge in [-0.25, -0.2) is 4.39 Å². The number of nitrogens with zero attached hydrogens (tertiary/aromatic N) is 4. The van der Waals surface area contributed by atoms with Crippen LogP contribution < -0.4 is 14.8 Å². The fraction of sp³-hybridized carbons (Fsp3) is 0.160. The van der Waals surface area contributed by atoms with Crippen molar-refractivity contribution in [2.75, 3.05) is 18.2 Å². The Morgan fingerprint density at radius 3 is 2.54 bits per heavy atom. The molecule has 0 spiro atoms. The van der Waals surface area contributed by atoms with Gasteiger partial charge in [0.1, 0.15) is 5.75 Å². The minimum atomic E-state index is -0.665. The van der Waals surface area contributed by atoms with E-state index in [4.69, 9.17) is 9.47 Å². The van der Waals surface area contributed by atoms with Gasteiger partial charge in [0.05, 0.1) is 23.5 Å². The molecule has 1 atom stereocenters. The molecule has 1 amide bonds. The summed E-state index contributed by atoms with van der Waals surface area (Å²) in [6.07, 6.45) is -0.665. The average molecular weight is 524 g/mol. The van der Waals surface area contributed by atoms with E-state index in [0.717, 1.165) is 17.4 Å². The molecule has 37 heavy (non-hydrogen) atoms. The lowest BCUT2D eigenvalue weighted by atomic mass is 10.2. The number of carbonyl (C=O) groups excluding carboxylic acids is 1. The lowest BCUT2D eigenvalue weighted by Crippen LogP contribution is -2.16. The molecule has 4 rings (SSSR count). The summed E-state index contributed by atoms with van der Waals surface area (Å²) in [6.45, 7) is 1.73. The van der Waals surface area contributed by atoms with Crippen LogP contribution in [0.5, 0.6) is 11.5 Å². The number of halogens is 1.